The molecule has 0 bridgehead atoms. The Bertz CT molecular complexity index is 577. The normalized spacial score (nSPS) is 16.8. The van der Waals surface area contributed by atoms with Gasteiger partial charge in [0, 0.05) is 23.6 Å². The number of halogens is 1. The number of nitrogens with zero attached hydrogens (tertiary/aromatic N) is 1. The minimum atomic E-state index is 0.638. The number of benzene rings is 2. The van der Waals surface area contributed by atoms with E-state index in [0.29, 0.717) is 6.04 Å². The van der Waals surface area contributed by atoms with Crippen LogP contribution in [0.4, 0.5) is 0 Å². The zero-order valence-electron chi connectivity index (χ0n) is 12.8. The van der Waals surface area contributed by atoms with E-state index in [0.717, 1.165) is 13.1 Å². The average Bonchev–Trinajstić information content (AvgIpc) is 2.56. The van der Waals surface area contributed by atoms with Gasteiger partial charge in [-0.1, -0.05) is 64.5 Å². The predicted molar refractivity (Wildman–Crippen MR) is 95.7 cm³/mol. The van der Waals surface area contributed by atoms with Crippen LogP contribution in [0.25, 0.3) is 0 Å². The van der Waals surface area contributed by atoms with Crippen molar-refractivity contribution in [3.05, 3.63) is 70.2 Å². The maximum Gasteiger partial charge on any atom is 0.0233 e. The fourth-order valence-electron chi connectivity index (χ4n) is 3.03. The molecule has 2 aromatic rings. The second-order valence-corrected chi connectivity index (χ2v) is 6.86. The maximum atomic E-state index is 3.71. The minimum absolute atomic E-state index is 0.638. The lowest BCUT2D eigenvalue weighted by molar-refractivity contribution is 0.190. The van der Waals surface area contributed by atoms with Gasteiger partial charge >= 0.3 is 0 Å². The molecule has 1 aliphatic rings. The summed E-state index contributed by atoms with van der Waals surface area (Å²) in [7, 11) is 0. The topological polar surface area (TPSA) is 15.3 Å². The number of nitrogens with one attached hydrogen (secondary N) is 1. The van der Waals surface area contributed by atoms with Gasteiger partial charge in [-0.2, -0.15) is 0 Å². The molecule has 0 aromatic heterocycles. The van der Waals surface area contributed by atoms with Crippen LogP contribution in [-0.2, 0) is 13.1 Å². The van der Waals surface area contributed by atoms with Crippen LogP contribution in [-0.4, -0.2) is 24.0 Å². The van der Waals surface area contributed by atoms with Gasteiger partial charge in [-0.25, -0.2) is 0 Å². The third-order valence-corrected chi connectivity index (χ3v) is 5.15. The number of likely N-dealkylation sites (tertiary alicyclic amines) is 1. The predicted octanol–water partition coefficient (Wildman–Crippen LogP) is 4.20. The first-order chi connectivity index (χ1) is 10.8. The largest absolute Gasteiger partial charge is 0.310 e. The van der Waals surface area contributed by atoms with Crippen molar-refractivity contribution < 1.29 is 0 Å². The van der Waals surface area contributed by atoms with Crippen LogP contribution < -0.4 is 5.32 Å². The molecule has 1 saturated heterocycles. The highest BCUT2D eigenvalue weighted by Gasteiger charge is 2.18. The van der Waals surface area contributed by atoms with Crippen molar-refractivity contribution >= 4 is 15.9 Å². The van der Waals surface area contributed by atoms with Gasteiger partial charge in [-0.05, 0) is 43.1 Å². The molecule has 3 heteroatoms. The minimum Gasteiger partial charge on any atom is -0.310 e. The molecule has 22 heavy (non-hydrogen) atoms. The van der Waals surface area contributed by atoms with Crippen molar-refractivity contribution in [1.82, 2.24) is 10.2 Å². The number of piperidine rings is 1. The van der Waals surface area contributed by atoms with Crippen LogP contribution >= 0.6 is 15.9 Å². The molecular weight excluding hydrogens is 336 g/mol. The van der Waals surface area contributed by atoms with E-state index in [1.807, 2.05) is 0 Å². The Kier molecular flexibility index (Phi) is 5.65. The van der Waals surface area contributed by atoms with Crippen molar-refractivity contribution in [3.8, 4) is 0 Å². The summed E-state index contributed by atoms with van der Waals surface area (Å²) in [4.78, 5) is 2.56. The highest BCUT2D eigenvalue weighted by Crippen LogP contribution is 2.18. The fourth-order valence-corrected chi connectivity index (χ4v) is 3.46. The van der Waals surface area contributed by atoms with E-state index in [2.05, 4.69) is 80.7 Å². The van der Waals surface area contributed by atoms with Crippen LogP contribution in [0.1, 0.15) is 24.0 Å². The molecule has 1 fully saturated rings. The summed E-state index contributed by atoms with van der Waals surface area (Å²) in [6.07, 6.45) is 2.47. The van der Waals surface area contributed by atoms with E-state index >= 15 is 0 Å². The van der Waals surface area contributed by atoms with Crippen molar-refractivity contribution in [2.45, 2.75) is 32.0 Å². The van der Waals surface area contributed by atoms with Gasteiger partial charge in [0.25, 0.3) is 0 Å². The summed E-state index contributed by atoms with van der Waals surface area (Å²) in [5.41, 5.74) is 2.76. The summed E-state index contributed by atoms with van der Waals surface area (Å²) in [6.45, 7) is 4.40. The van der Waals surface area contributed by atoms with Crippen molar-refractivity contribution in [2.24, 2.45) is 0 Å². The lowest BCUT2D eigenvalue weighted by Gasteiger charge is -2.32. The van der Waals surface area contributed by atoms with Gasteiger partial charge in [0.1, 0.15) is 0 Å². The summed E-state index contributed by atoms with van der Waals surface area (Å²) >= 11 is 3.62. The average molecular weight is 359 g/mol. The summed E-state index contributed by atoms with van der Waals surface area (Å²) in [5, 5.41) is 3.71. The Morgan fingerprint density at radius 1 is 0.955 bits per heavy atom. The first-order valence-corrected chi connectivity index (χ1v) is 8.83. The Morgan fingerprint density at radius 3 is 2.36 bits per heavy atom. The van der Waals surface area contributed by atoms with Gasteiger partial charge in [-0.3, -0.25) is 4.90 Å². The molecule has 1 aliphatic heterocycles. The Hall–Kier alpha value is -1.16. The van der Waals surface area contributed by atoms with E-state index in [-0.39, 0.29) is 0 Å². The molecule has 3 rings (SSSR count). The second-order valence-electron chi connectivity index (χ2n) is 6.01. The zero-order chi connectivity index (χ0) is 15.2. The van der Waals surface area contributed by atoms with E-state index in [1.54, 1.807) is 0 Å². The van der Waals surface area contributed by atoms with Crippen LogP contribution in [0.5, 0.6) is 0 Å². The van der Waals surface area contributed by atoms with E-state index in [4.69, 9.17) is 0 Å². The number of hydrogen-bond donors (Lipinski definition) is 1. The fraction of sp³-hybridized carbons (Fsp3) is 0.368. The van der Waals surface area contributed by atoms with Gasteiger partial charge in [0.15, 0.2) is 0 Å². The Labute approximate surface area is 141 Å². The second kappa shape index (κ2) is 7.91. The molecule has 116 valence electrons. The smallest absolute Gasteiger partial charge is 0.0233 e. The number of rotatable bonds is 5. The SMILES string of the molecule is Brc1ccccc1CNC1CCN(Cc2ccccc2)CC1. The molecule has 0 radical (unpaired) electrons. The van der Waals surface area contributed by atoms with E-state index in [1.165, 1.54) is 41.5 Å². The first kappa shape index (κ1) is 15.7. The van der Waals surface area contributed by atoms with Gasteiger partial charge in [0.05, 0.1) is 0 Å². The molecule has 0 aliphatic carbocycles. The lowest BCUT2D eigenvalue weighted by atomic mass is 10.0. The van der Waals surface area contributed by atoms with Crippen LogP contribution in [0.3, 0.4) is 0 Å². The Morgan fingerprint density at radius 2 is 1.64 bits per heavy atom. The third-order valence-electron chi connectivity index (χ3n) is 4.38. The highest BCUT2D eigenvalue weighted by atomic mass is 79.9. The van der Waals surface area contributed by atoms with E-state index < -0.39 is 0 Å². The van der Waals surface area contributed by atoms with Crippen LogP contribution in [0.2, 0.25) is 0 Å². The lowest BCUT2D eigenvalue weighted by Crippen LogP contribution is -2.41. The number of hydrogen-bond acceptors (Lipinski definition) is 2. The standard InChI is InChI=1S/C19H23BrN2/c20-19-9-5-4-8-17(19)14-21-18-10-12-22(13-11-18)15-16-6-2-1-3-7-16/h1-9,18,21H,10-15H2. The summed E-state index contributed by atoms with van der Waals surface area (Å²) in [6, 6.07) is 19.9. The highest BCUT2D eigenvalue weighted by molar-refractivity contribution is 9.10. The summed E-state index contributed by atoms with van der Waals surface area (Å²) < 4.78 is 1.20. The summed E-state index contributed by atoms with van der Waals surface area (Å²) in [5.74, 6) is 0. The van der Waals surface area contributed by atoms with Gasteiger partial charge < -0.3 is 5.32 Å². The van der Waals surface area contributed by atoms with Gasteiger partial charge in [-0.15, -0.1) is 0 Å². The van der Waals surface area contributed by atoms with Gasteiger partial charge in [0.2, 0.25) is 0 Å². The third kappa shape index (κ3) is 4.42. The molecular formula is C19H23BrN2. The molecule has 2 nitrogen and oxygen atoms in total. The van der Waals surface area contributed by atoms with Crippen LogP contribution in [0, 0.1) is 0 Å². The molecule has 0 spiro atoms. The maximum absolute atomic E-state index is 3.71. The van der Waals surface area contributed by atoms with Crippen molar-refractivity contribution in [2.75, 3.05) is 13.1 Å². The molecule has 1 heterocycles. The van der Waals surface area contributed by atoms with Crippen molar-refractivity contribution in [3.63, 3.8) is 0 Å². The van der Waals surface area contributed by atoms with Crippen LogP contribution in [0.15, 0.2) is 59.1 Å². The monoisotopic (exact) mass is 358 g/mol. The molecule has 0 amide bonds. The van der Waals surface area contributed by atoms with Crippen molar-refractivity contribution in [1.29, 1.82) is 0 Å². The molecule has 0 unspecified atom stereocenters. The molecule has 0 atom stereocenters. The quantitative estimate of drug-likeness (QED) is 0.861. The van der Waals surface area contributed by atoms with E-state index in [9.17, 15) is 0 Å². The zero-order valence-corrected chi connectivity index (χ0v) is 14.4. The molecule has 1 N–H and O–H groups in total. The first-order valence-electron chi connectivity index (χ1n) is 8.04. The molecule has 2 aromatic carbocycles. The molecule has 0 saturated carbocycles. The Balaban J connectivity index is 1.43.